The van der Waals surface area contributed by atoms with Gasteiger partial charge in [0.2, 0.25) is 12.3 Å². The molecule has 158 valence electrons. The van der Waals surface area contributed by atoms with E-state index < -0.39 is 0 Å². The van der Waals surface area contributed by atoms with Gasteiger partial charge in [-0.2, -0.15) is 4.57 Å². The summed E-state index contributed by atoms with van der Waals surface area (Å²) in [5, 5.41) is 0. The zero-order valence-electron chi connectivity index (χ0n) is 17.7. The Hall–Kier alpha value is -3.47. The van der Waals surface area contributed by atoms with Crippen molar-refractivity contribution in [2.45, 2.75) is 31.8 Å². The van der Waals surface area contributed by atoms with Crippen molar-refractivity contribution in [3.05, 3.63) is 95.8 Å². The molecule has 1 fully saturated rings. The van der Waals surface area contributed by atoms with Crippen LogP contribution < -0.4 is 9.30 Å². The third kappa shape index (κ3) is 4.82. The molecule has 0 radical (unpaired) electrons. The van der Waals surface area contributed by atoms with Crippen molar-refractivity contribution in [1.29, 1.82) is 0 Å². The van der Waals surface area contributed by atoms with Crippen molar-refractivity contribution in [2.75, 3.05) is 13.7 Å². The van der Waals surface area contributed by atoms with Crippen LogP contribution in [0.15, 0.2) is 79.1 Å². The van der Waals surface area contributed by atoms with Gasteiger partial charge >= 0.3 is 0 Å². The normalized spacial score (nSPS) is 16.0. The summed E-state index contributed by atoms with van der Waals surface area (Å²) in [5.41, 5.74) is 2.43. The van der Waals surface area contributed by atoms with Crippen molar-refractivity contribution in [3.63, 3.8) is 0 Å². The summed E-state index contributed by atoms with van der Waals surface area (Å²) in [4.78, 5) is 27.8. The zero-order chi connectivity index (χ0) is 21.6. The van der Waals surface area contributed by atoms with Crippen LogP contribution >= 0.6 is 0 Å². The number of hydrogen-bond acceptors (Lipinski definition) is 3. The highest BCUT2D eigenvalue weighted by Gasteiger charge is 2.30. The van der Waals surface area contributed by atoms with Crippen molar-refractivity contribution >= 4 is 11.7 Å². The molecule has 1 aliphatic heterocycles. The van der Waals surface area contributed by atoms with Gasteiger partial charge in [0.1, 0.15) is 5.75 Å². The smallest absolute Gasteiger partial charge is 0.254 e. The molecule has 1 unspecified atom stereocenters. The molecular formula is C26H27N2O3+. The maximum Gasteiger partial charge on any atom is 0.254 e. The van der Waals surface area contributed by atoms with Gasteiger partial charge in [-0.3, -0.25) is 9.59 Å². The summed E-state index contributed by atoms with van der Waals surface area (Å²) in [6, 6.07) is 20.6. The number of carbonyl (C=O) groups is 2. The predicted molar refractivity (Wildman–Crippen MR) is 118 cm³/mol. The number of methoxy groups -OCH3 is 1. The second-order valence-corrected chi connectivity index (χ2v) is 7.84. The molecule has 31 heavy (non-hydrogen) atoms. The molecule has 0 bridgehead atoms. The van der Waals surface area contributed by atoms with E-state index in [4.69, 9.17) is 4.74 Å². The number of benzene rings is 2. The zero-order valence-corrected chi connectivity index (χ0v) is 17.7. The minimum absolute atomic E-state index is 0.0185. The molecule has 1 aliphatic rings. The Bertz CT molecular complexity index is 1050. The van der Waals surface area contributed by atoms with Crippen LogP contribution in [-0.4, -0.2) is 30.2 Å². The van der Waals surface area contributed by atoms with Crippen LogP contribution in [0.3, 0.4) is 0 Å². The number of nitrogens with zero attached hydrogens (tertiary/aromatic N) is 2. The monoisotopic (exact) mass is 415 g/mol. The third-order valence-electron chi connectivity index (χ3n) is 5.79. The maximum absolute atomic E-state index is 13.1. The van der Waals surface area contributed by atoms with Crippen LogP contribution in [0, 0.1) is 0 Å². The molecule has 1 amide bonds. The van der Waals surface area contributed by atoms with Gasteiger partial charge < -0.3 is 9.64 Å². The summed E-state index contributed by atoms with van der Waals surface area (Å²) in [6.45, 7) is 0.998. The molecule has 3 aromatic rings. The molecule has 2 aromatic carbocycles. The summed E-state index contributed by atoms with van der Waals surface area (Å²) in [6.07, 6.45) is 6.93. The minimum Gasteiger partial charge on any atom is -0.497 e. The van der Waals surface area contributed by atoms with E-state index in [0.29, 0.717) is 11.1 Å². The Kier molecular flexibility index (Phi) is 6.41. The molecule has 1 atom stereocenters. The highest BCUT2D eigenvalue weighted by Crippen LogP contribution is 2.31. The Labute approximate surface area is 182 Å². The number of carbonyl (C=O) groups excluding carboxylic acids is 2. The number of piperidine rings is 1. The van der Waals surface area contributed by atoms with Crippen LogP contribution in [-0.2, 0) is 6.54 Å². The number of amides is 1. The van der Waals surface area contributed by atoms with Gasteiger partial charge in [-0.1, -0.05) is 18.2 Å². The fourth-order valence-corrected chi connectivity index (χ4v) is 4.14. The first-order valence-corrected chi connectivity index (χ1v) is 10.7. The van der Waals surface area contributed by atoms with E-state index in [-0.39, 0.29) is 24.3 Å². The van der Waals surface area contributed by atoms with E-state index in [9.17, 15) is 9.59 Å². The third-order valence-corrected chi connectivity index (χ3v) is 5.79. The largest absolute Gasteiger partial charge is 0.497 e. The molecule has 1 saturated heterocycles. The number of hydrogen-bond donors (Lipinski definition) is 0. The van der Waals surface area contributed by atoms with Crippen LogP contribution in [0.5, 0.6) is 5.75 Å². The number of ketones is 1. The summed E-state index contributed by atoms with van der Waals surface area (Å²) in [7, 11) is 1.61. The second kappa shape index (κ2) is 9.56. The summed E-state index contributed by atoms with van der Waals surface area (Å²) in [5.74, 6) is 0.826. The first-order chi connectivity index (χ1) is 15.2. The highest BCUT2D eigenvalue weighted by molar-refractivity contribution is 5.95. The summed E-state index contributed by atoms with van der Waals surface area (Å²) >= 11 is 0. The van der Waals surface area contributed by atoms with Crippen molar-refractivity contribution in [2.24, 2.45) is 0 Å². The van der Waals surface area contributed by atoms with Crippen LogP contribution in [0.25, 0.3) is 0 Å². The predicted octanol–water partition coefficient (Wildman–Crippen LogP) is 4.23. The van der Waals surface area contributed by atoms with E-state index in [1.807, 2.05) is 58.3 Å². The minimum atomic E-state index is 0.0185. The fraction of sp³-hybridized carbons (Fsp3) is 0.269. The van der Waals surface area contributed by atoms with E-state index >= 15 is 0 Å². The van der Waals surface area contributed by atoms with Gasteiger partial charge in [0.05, 0.1) is 13.2 Å². The molecule has 4 rings (SSSR count). The second-order valence-electron chi connectivity index (χ2n) is 7.84. The van der Waals surface area contributed by atoms with Crippen LogP contribution in [0.1, 0.15) is 51.6 Å². The molecule has 5 heteroatoms. The first kappa shape index (κ1) is 20.8. The average molecular weight is 416 g/mol. The van der Waals surface area contributed by atoms with E-state index in [1.165, 1.54) is 0 Å². The molecule has 0 N–H and O–H groups in total. The average Bonchev–Trinajstić information content (AvgIpc) is 2.84. The Morgan fingerprint density at radius 2 is 1.74 bits per heavy atom. The van der Waals surface area contributed by atoms with E-state index in [2.05, 4.69) is 6.07 Å². The number of likely N-dealkylation sites (tertiary alicyclic amines) is 1. The molecular weight excluding hydrogens is 388 g/mol. The topological polar surface area (TPSA) is 50.5 Å². The van der Waals surface area contributed by atoms with Crippen molar-refractivity contribution in [1.82, 2.24) is 4.90 Å². The van der Waals surface area contributed by atoms with Gasteiger partial charge in [0, 0.05) is 29.3 Å². The van der Waals surface area contributed by atoms with Crippen LogP contribution in [0.4, 0.5) is 0 Å². The first-order valence-electron chi connectivity index (χ1n) is 10.7. The van der Waals surface area contributed by atoms with Crippen molar-refractivity contribution in [3.8, 4) is 5.75 Å². The van der Waals surface area contributed by atoms with E-state index in [1.54, 1.807) is 31.4 Å². The fourth-order valence-electron chi connectivity index (χ4n) is 4.14. The van der Waals surface area contributed by atoms with Gasteiger partial charge in [0.15, 0.2) is 12.4 Å². The number of Topliss-reactive ketones (excluding diaryl/α,β-unsaturated/α-hetero) is 1. The van der Waals surface area contributed by atoms with Gasteiger partial charge in [0.25, 0.3) is 5.91 Å². The SMILES string of the molecule is COc1ccc(C(=O)C[n+]2cccc(C3CCCCN3C(=O)c3ccccc3)c2)cc1. The Balaban J connectivity index is 1.53. The maximum atomic E-state index is 13.1. The number of ether oxygens (including phenoxy) is 1. The van der Waals surface area contributed by atoms with Crippen molar-refractivity contribution < 1.29 is 18.9 Å². The highest BCUT2D eigenvalue weighted by atomic mass is 16.5. The number of aromatic nitrogens is 1. The molecule has 0 aliphatic carbocycles. The quantitative estimate of drug-likeness (QED) is 0.447. The number of pyridine rings is 1. The molecule has 1 aromatic heterocycles. The Morgan fingerprint density at radius 1 is 0.968 bits per heavy atom. The van der Waals surface area contributed by atoms with E-state index in [0.717, 1.165) is 37.1 Å². The molecule has 0 spiro atoms. The molecule has 5 nitrogen and oxygen atoms in total. The standard InChI is InChI=1S/C26H27N2O3/c1-31-23-14-12-20(13-15-23)25(29)19-27-16-7-10-22(18-27)24-11-5-6-17-28(24)26(30)21-8-3-2-4-9-21/h2-4,7-10,12-16,18,24H,5-6,11,17,19H2,1H3/q+1. The lowest BCUT2D eigenvalue weighted by atomic mass is 9.95. The van der Waals surface area contributed by atoms with Crippen LogP contribution in [0.2, 0.25) is 0 Å². The lowest BCUT2D eigenvalue weighted by Crippen LogP contribution is -2.41. The van der Waals surface area contributed by atoms with Gasteiger partial charge in [-0.05, 0) is 61.7 Å². The Morgan fingerprint density at radius 3 is 2.48 bits per heavy atom. The lowest BCUT2D eigenvalue weighted by Gasteiger charge is -2.35. The van der Waals surface area contributed by atoms with Gasteiger partial charge in [-0.15, -0.1) is 0 Å². The lowest BCUT2D eigenvalue weighted by molar-refractivity contribution is -0.683. The molecule has 2 heterocycles. The summed E-state index contributed by atoms with van der Waals surface area (Å²) < 4.78 is 7.07. The number of rotatable bonds is 6. The van der Waals surface area contributed by atoms with Gasteiger partial charge in [-0.25, -0.2) is 0 Å². The molecule has 0 saturated carbocycles.